The van der Waals surface area contributed by atoms with Gasteiger partial charge in [-0.1, -0.05) is 13.3 Å². The summed E-state index contributed by atoms with van der Waals surface area (Å²) in [6.07, 6.45) is 0.391. The average Bonchev–Trinajstić information content (AvgIpc) is 1.99. The number of hydrogen-bond donors (Lipinski definition) is 4. The molecule has 0 heterocycles. The minimum Gasteiger partial charge on any atom is -0.365 e. The molecule has 0 amide bonds. The van der Waals surface area contributed by atoms with Gasteiger partial charge in [-0.05, 0) is 6.42 Å². The van der Waals surface area contributed by atoms with Gasteiger partial charge in [-0.15, -0.1) is 0 Å². The van der Waals surface area contributed by atoms with Crippen molar-refractivity contribution in [3.05, 3.63) is 0 Å². The fourth-order valence-corrected chi connectivity index (χ4v) is 3.12. The zero-order valence-corrected chi connectivity index (χ0v) is 10.1. The zero-order chi connectivity index (χ0) is 12.1. The first kappa shape index (κ1) is 15.3. The molecule has 0 aliphatic rings. The van der Waals surface area contributed by atoms with Crippen molar-refractivity contribution in [2.24, 2.45) is 0 Å². The van der Waals surface area contributed by atoms with Gasteiger partial charge in [0.2, 0.25) is 0 Å². The molecule has 0 rings (SSSR count). The van der Waals surface area contributed by atoms with Crippen LogP contribution in [0, 0.1) is 0 Å². The van der Waals surface area contributed by atoms with Crippen LogP contribution in [0.2, 0.25) is 0 Å². The topological polar surface area (TPSA) is 124 Å². The summed E-state index contributed by atoms with van der Waals surface area (Å²) in [6.45, 7) is 1.94. The van der Waals surface area contributed by atoms with Crippen molar-refractivity contribution in [3.8, 4) is 0 Å². The van der Waals surface area contributed by atoms with Gasteiger partial charge in [0.05, 0.1) is 6.16 Å². The van der Waals surface area contributed by atoms with Crippen LogP contribution < -0.4 is 0 Å². The quantitative estimate of drug-likeness (QED) is 0.388. The molecule has 0 aliphatic carbocycles. The van der Waals surface area contributed by atoms with E-state index in [9.17, 15) is 9.13 Å². The van der Waals surface area contributed by atoms with Crippen molar-refractivity contribution in [1.29, 1.82) is 0 Å². The molecule has 0 saturated carbocycles. The molecule has 1 unspecified atom stereocenters. The van der Waals surface area contributed by atoms with Crippen LogP contribution in [0.15, 0.2) is 0 Å². The summed E-state index contributed by atoms with van der Waals surface area (Å²) in [5.41, 5.74) is 0. The highest BCUT2D eigenvalue weighted by molar-refractivity contribution is 7.56. The van der Waals surface area contributed by atoms with E-state index in [0.29, 0.717) is 6.42 Å². The van der Waals surface area contributed by atoms with E-state index in [1.165, 1.54) is 0 Å². The molecule has 0 aliphatic heterocycles. The molecule has 4 N–H and O–H groups in total. The van der Waals surface area contributed by atoms with E-state index in [0.717, 1.165) is 6.42 Å². The van der Waals surface area contributed by atoms with Crippen molar-refractivity contribution in [2.45, 2.75) is 25.6 Å². The highest BCUT2D eigenvalue weighted by Crippen LogP contribution is 2.49. The van der Waals surface area contributed by atoms with Crippen molar-refractivity contribution >= 4 is 15.2 Å². The van der Waals surface area contributed by atoms with Crippen molar-refractivity contribution in [1.82, 2.24) is 0 Å². The minimum absolute atomic E-state index is 0.0757. The second-order valence-corrected chi connectivity index (χ2v) is 6.56. The van der Waals surface area contributed by atoms with Crippen molar-refractivity contribution in [2.75, 3.05) is 12.8 Å². The molecule has 0 bridgehead atoms. The number of rotatable bonds is 7. The van der Waals surface area contributed by atoms with Crippen LogP contribution in [-0.4, -0.2) is 38.2 Å². The van der Waals surface area contributed by atoms with Crippen LogP contribution in [0.5, 0.6) is 0 Å². The molecule has 7 nitrogen and oxygen atoms in total. The third kappa shape index (κ3) is 8.11. The summed E-state index contributed by atoms with van der Waals surface area (Å²) in [4.78, 5) is 34.8. The fourth-order valence-electron chi connectivity index (χ4n) is 0.823. The molecule has 0 aromatic heterocycles. The average molecular weight is 262 g/mol. The molecule has 0 spiro atoms. The predicted molar refractivity (Wildman–Crippen MR) is 53.6 cm³/mol. The number of hydrogen-bond acceptors (Lipinski definition) is 3. The first-order valence-corrected chi connectivity index (χ1v) is 7.86. The SMILES string of the molecule is CCCCOC(CP(=O)(O)O)P(=O)(O)O. The monoisotopic (exact) mass is 262 g/mol. The van der Waals surface area contributed by atoms with Gasteiger partial charge in [-0.3, -0.25) is 9.13 Å². The molecule has 0 radical (unpaired) electrons. The molecule has 0 fully saturated rings. The Kier molecular flexibility index (Phi) is 6.21. The van der Waals surface area contributed by atoms with Crippen LogP contribution in [0.4, 0.5) is 0 Å². The Labute approximate surface area is 87.8 Å². The maximum atomic E-state index is 10.8. The van der Waals surface area contributed by atoms with Crippen LogP contribution in [0.25, 0.3) is 0 Å². The van der Waals surface area contributed by atoms with Gasteiger partial charge in [0.15, 0.2) is 5.85 Å². The van der Waals surface area contributed by atoms with Gasteiger partial charge in [0.1, 0.15) is 0 Å². The highest BCUT2D eigenvalue weighted by Gasteiger charge is 2.35. The van der Waals surface area contributed by atoms with E-state index in [-0.39, 0.29) is 6.61 Å². The van der Waals surface area contributed by atoms with Crippen LogP contribution in [0.3, 0.4) is 0 Å². The summed E-state index contributed by atoms with van der Waals surface area (Å²) in [5.74, 6) is -1.72. The second kappa shape index (κ2) is 6.11. The maximum Gasteiger partial charge on any atom is 0.354 e. The number of ether oxygens (including phenoxy) is 1. The summed E-state index contributed by atoms with van der Waals surface area (Å²) >= 11 is 0. The minimum atomic E-state index is -4.63. The fraction of sp³-hybridized carbons (Fsp3) is 1.00. The van der Waals surface area contributed by atoms with Crippen molar-refractivity contribution in [3.63, 3.8) is 0 Å². The van der Waals surface area contributed by atoms with Gasteiger partial charge < -0.3 is 24.3 Å². The molecule has 9 heteroatoms. The van der Waals surface area contributed by atoms with Gasteiger partial charge >= 0.3 is 15.2 Å². The Bertz CT molecular complexity index is 267. The zero-order valence-electron chi connectivity index (χ0n) is 8.31. The van der Waals surface area contributed by atoms with Gasteiger partial charge in [0.25, 0.3) is 0 Å². The van der Waals surface area contributed by atoms with E-state index in [1.807, 2.05) is 6.92 Å². The molecule has 0 aromatic carbocycles. The lowest BCUT2D eigenvalue weighted by atomic mass is 10.4. The molecule has 0 saturated heterocycles. The third-order valence-corrected chi connectivity index (χ3v) is 3.75. The first-order chi connectivity index (χ1) is 6.67. The molecule has 1 atom stereocenters. The summed E-state index contributed by atoms with van der Waals surface area (Å²) < 4.78 is 26.2. The molecular formula is C6H16O7P2. The lowest BCUT2D eigenvalue weighted by molar-refractivity contribution is 0.0930. The smallest absolute Gasteiger partial charge is 0.354 e. The van der Waals surface area contributed by atoms with E-state index in [4.69, 9.17) is 24.3 Å². The predicted octanol–water partition coefficient (Wildman–Crippen LogP) is 0.485. The van der Waals surface area contributed by atoms with Crippen molar-refractivity contribution < 1.29 is 33.4 Å². The Balaban J connectivity index is 4.34. The van der Waals surface area contributed by atoms with E-state index in [2.05, 4.69) is 0 Å². The Morgan fingerprint density at radius 1 is 1.20 bits per heavy atom. The Morgan fingerprint density at radius 2 is 1.73 bits per heavy atom. The molecule has 15 heavy (non-hydrogen) atoms. The Hall–Kier alpha value is 0.260. The summed E-state index contributed by atoms with van der Waals surface area (Å²) in [7, 11) is -9.11. The lowest BCUT2D eigenvalue weighted by Gasteiger charge is -2.19. The van der Waals surface area contributed by atoms with Crippen LogP contribution >= 0.6 is 15.2 Å². The van der Waals surface area contributed by atoms with Gasteiger partial charge in [-0.25, -0.2) is 0 Å². The normalized spacial score (nSPS) is 15.3. The maximum absolute atomic E-state index is 10.8. The van der Waals surface area contributed by atoms with E-state index >= 15 is 0 Å². The largest absolute Gasteiger partial charge is 0.365 e. The lowest BCUT2D eigenvalue weighted by Crippen LogP contribution is -2.19. The Morgan fingerprint density at radius 3 is 2.07 bits per heavy atom. The number of unbranched alkanes of at least 4 members (excludes halogenated alkanes) is 1. The molecular weight excluding hydrogens is 246 g/mol. The molecule has 0 aromatic rings. The standard InChI is InChI=1S/C6H16O7P2/c1-2-3-4-13-6(15(10,11)12)5-14(7,8)9/h6H,2-5H2,1H3,(H2,7,8,9)(H2,10,11,12). The highest BCUT2D eigenvalue weighted by atomic mass is 31.2. The van der Waals surface area contributed by atoms with E-state index < -0.39 is 27.2 Å². The van der Waals surface area contributed by atoms with Gasteiger partial charge in [-0.2, -0.15) is 0 Å². The summed E-state index contributed by atoms with van der Waals surface area (Å²) in [5, 5.41) is 0. The summed E-state index contributed by atoms with van der Waals surface area (Å²) in [6, 6.07) is 0. The van der Waals surface area contributed by atoms with Crippen LogP contribution in [-0.2, 0) is 13.9 Å². The third-order valence-electron chi connectivity index (χ3n) is 1.58. The molecule has 92 valence electrons. The first-order valence-electron chi connectivity index (χ1n) is 4.38. The van der Waals surface area contributed by atoms with Gasteiger partial charge in [0, 0.05) is 6.61 Å². The van der Waals surface area contributed by atoms with Crippen LogP contribution in [0.1, 0.15) is 19.8 Å². The second-order valence-electron chi connectivity index (χ2n) is 3.12. The van der Waals surface area contributed by atoms with E-state index in [1.54, 1.807) is 0 Å².